The standard InChI is InChI=1S/CH3O.2CH3.Sn.H/c1-2;;;;/h1H3;2*1H3;;/q-1;;;+2;-1. The SMILES string of the molecule is C[O-].[CH3][Sn+2][CH3].[H-]. The van der Waals surface area contributed by atoms with E-state index in [4.69, 9.17) is 5.11 Å². The summed E-state index contributed by atoms with van der Waals surface area (Å²) in [6.45, 7) is 0. The minimum Gasteiger partial charge on any atom is -1.00 e. The Morgan fingerprint density at radius 2 is 1.40 bits per heavy atom. The normalized spacial score (nSPS) is 3.20. The van der Waals surface area contributed by atoms with Gasteiger partial charge in [0.15, 0.2) is 0 Å². The van der Waals surface area contributed by atoms with Crippen LogP contribution in [0.2, 0.25) is 9.88 Å². The first-order valence-electron chi connectivity index (χ1n) is 1.41. The topological polar surface area (TPSA) is 23.1 Å². The van der Waals surface area contributed by atoms with Crippen LogP contribution in [0.15, 0.2) is 0 Å². The van der Waals surface area contributed by atoms with Gasteiger partial charge in [0.25, 0.3) is 0 Å². The molecule has 0 fully saturated rings. The van der Waals surface area contributed by atoms with Gasteiger partial charge < -0.3 is 6.53 Å². The molecule has 0 saturated heterocycles. The first-order chi connectivity index (χ1) is 2.41. The molecule has 0 heterocycles. The van der Waals surface area contributed by atoms with Crippen molar-refractivity contribution in [2.24, 2.45) is 0 Å². The third kappa shape index (κ3) is 62.9. The van der Waals surface area contributed by atoms with Crippen molar-refractivity contribution < 1.29 is 6.53 Å². The second kappa shape index (κ2) is 21.7. The molecule has 32 valence electrons. The van der Waals surface area contributed by atoms with Gasteiger partial charge in [-0.3, -0.25) is 0 Å². The van der Waals surface area contributed by atoms with E-state index in [2.05, 4.69) is 9.88 Å². The van der Waals surface area contributed by atoms with Gasteiger partial charge in [0.2, 0.25) is 0 Å². The fourth-order valence-corrected chi connectivity index (χ4v) is 0. The molecule has 0 aliphatic heterocycles. The number of hydrogen-bond donors (Lipinski definition) is 0. The fourth-order valence-electron chi connectivity index (χ4n) is 0. The van der Waals surface area contributed by atoms with E-state index in [1.807, 2.05) is 0 Å². The Morgan fingerprint density at radius 1 is 1.40 bits per heavy atom. The van der Waals surface area contributed by atoms with E-state index in [0.717, 1.165) is 7.11 Å². The molecular formula is C3H10OSn. The molecule has 0 spiro atoms. The molecule has 1 nitrogen and oxygen atoms in total. The Labute approximate surface area is 45.1 Å². The molecule has 2 heteroatoms. The summed E-state index contributed by atoms with van der Waals surface area (Å²) in [5.41, 5.74) is 0. The molecule has 0 aliphatic rings. The Hall–Kier alpha value is 0.759. The Kier molecular flexibility index (Phi) is 40.1. The number of rotatable bonds is 0. The quantitative estimate of drug-likeness (QED) is 0.477. The van der Waals surface area contributed by atoms with Crippen LogP contribution in [0.1, 0.15) is 1.43 Å². The Morgan fingerprint density at radius 3 is 1.40 bits per heavy atom. The molecule has 0 N–H and O–H groups in total. The van der Waals surface area contributed by atoms with E-state index < -0.39 is 0 Å². The maximum Gasteiger partial charge on any atom is -1.00 e. The molecular weight excluding hydrogens is 171 g/mol. The molecule has 0 aromatic carbocycles. The molecule has 0 aromatic rings. The fraction of sp³-hybridized carbons (Fsp3) is 1.00. The van der Waals surface area contributed by atoms with Gasteiger partial charge in [0.1, 0.15) is 0 Å². The summed E-state index contributed by atoms with van der Waals surface area (Å²) in [6, 6.07) is 0. The zero-order valence-corrected chi connectivity index (χ0v) is 6.76. The average molecular weight is 181 g/mol. The predicted octanol–water partition coefficient (Wildman–Crippen LogP) is -0.124. The molecule has 5 heavy (non-hydrogen) atoms. The van der Waals surface area contributed by atoms with Crippen LogP contribution in [-0.2, 0) is 0 Å². The van der Waals surface area contributed by atoms with Crippen LogP contribution < -0.4 is 5.11 Å². The summed E-state index contributed by atoms with van der Waals surface area (Å²) in [5, 5.41) is 8.25. The van der Waals surface area contributed by atoms with Gasteiger partial charge in [0.05, 0.1) is 0 Å². The maximum atomic E-state index is 8.25. The molecule has 0 saturated carbocycles. The van der Waals surface area contributed by atoms with Crippen molar-refractivity contribution in [1.82, 2.24) is 0 Å². The van der Waals surface area contributed by atoms with Crippen molar-refractivity contribution in [3.05, 3.63) is 0 Å². The minimum absolute atomic E-state index is 0. The van der Waals surface area contributed by atoms with E-state index in [9.17, 15) is 0 Å². The van der Waals surface area contributed by atoms with E-state index in [0.29, 0.717) is 0 Å². The van der Waals surface area contributed by atoms with Crippen LogP contribution in [0.3, 0.4) is 0 Å². The zero-order valence-electron chi connectivity index (χ0n) is 4.91. The van der Waals surface area contributed by atoms with Crippen LogP contribution in [-0.4, -0.2) is 28.3 Å². The molecule has 0 unspecified atom stereocenters. The molecule has 0 radical (unpaired) electrons. The minimum atomic E-state index is 0. The van der Waals surface area contributed by atoms with E-state index in [1.165, 1.54) is 0 Å². The van der Waals surface area contributed by atoms with Crippen LogP contribution in [0, 0.1) is 0 Å². The van der Waals surface area contributed by atoms with Crippen molar-refractivity contribution in [3.8, 4) is 0 Å². The Balaban J connectivity index is -0.0000000275. The predicted molar refractivity (Wildman–Crippen MR) is 24.5 cm³/mol. The van der Waals surface area contributed by atoms with Crippen molar-refractivity contribution >= 4 is 21.1 Å². The third-order valence-electron chi connectivity index (χ3n) is 0. The van der Waals surface area contributed by atoms with Gasteiger partial charge in [-0.1, -0.05) is 0 Å². The summed E-state index contributed by atoms with van der Waals surface area (Å²) in [5.74, 6) is 0. The van der Waals surface area contributed by atoms with Gasteiger partial charge >= 0.3 is 31.0 Å². The van der Waals surface area contributed by atoms with Gasteiger partial charge in [-0.15, -0.1) is 0 Å². The van der Waals surface area contributed by atoms with E-state index in [-0.39, 0.29) is 22.6 Å². The van der Waals surface area contributed by atoms with Crippen molar-refractivity contribution in [2.45, 2.75) is 9.88 Å². The summed E-state index contributed by atoms with van der Waals surface area (Å²) >= 11 is 0.230. The van der Waals surface area contributed by atoms with Crippen LogP contribution in [0.4, 0.5) is 0 Å². The van der Waals surface area contributed by atoms with E-state index >= 15 is 0 Å². The summed E-state index contributed by atoms with van der Waals surface area (Å²) in [6.07, 6.45) is 0. The number of hydrogen-bond acceptors (Lipinski definition) is 1. The monoisotopic (exact) mass is 182 g/mol. The van der Waals surface area contributed by atoms with Gasteiger partial charge in [-0.2, -0.15) is 7.11 Å². The second-order valence-electron chi connectivity index (χ2n) is 0.500. The first-order valence-corrected chi connectivity index (χ1v) is 7.12. The average Bonchev–Trinajstić information content (AvgIpc) is 1.46. The Bertz CT molecular complexity index is 10.8. The smallest absolute Gasteiger partial charge is 1.00 e. The summed E-state index contributed by atoms with van der Waals surface area (Å²) < 4.78 is 0. The van der Waals surface area contributed by atoms with Gasteiger partial charge in [0, 0.05) is 0 Å². The zero-order chi connectivity index (χ0) is 4.71. The molecule has 0 amide bonds. The maximum absolute atomic E-state index is 8.25. The van der Waals surface area contributed by atoms with Crippen molar-refractivity contribution in [2.75, 3.05) is 7.11 Å². The van der Waals surface area contributed by atoms with E-state index in [1.54, 1.807) is 0 Å². The molecule has 0 aliphatic carbocycles. The largest absolute Gasteiger partial charge is 1.00 e. The molecule has 0 atom stereocenters. The summed E-state index contributed by atoms with van der Waals surface area (Å²) in [7, 11) is 0.750. The first kappa shape index (κ1) is 9.23. The van der Waals surface area contributed by atoms with Gasteiger partial charge in [-0.25, -0.2) is 0 Å². The molecule has 0 aromatic heterocycles. The second-order valence-corrected chi connectivity index (χ2v) is 3.35. The van der Waals surface area contributed by atoms with Crippen LogP contribution >= 0.6 is 0 Å². The molecule has 0 rings (SSSR count). The van der Waals surface area contributed by atoms with Gasteiger partial charge in [-0.05, 0) is 0 Å². The van der Waals surface area contributed by atoms with Crippen LogP contribution in [0.5, 0.6) is 0 Å². The van der Waals surface area contributed by atoms with Crippen molar-refractivity contribution in [1.29, 1.82) is 0 Å². The van der Waals surface area contributed by atoms with Crippen LogP contribution in [0.25, 0.3) is 0 Å². The molecule has 0 bridgehead atoms. The third-order valence-corrected chi connectivity index (χ3v) is 0. The summed E-state index contributed by atoms with van der Waals surface area (Å²) in [4.78, 5) is 4.59. The van der Waals surface area contributed by atoms with Crippen molar-refractivity contribution in [3.63, 3.8) is 0 Å².